The normalized spacial score (nSPS) is 18.8. The van der Waals surface area contributed by atoms with E-state index in [2.05, 4.69) is 4.98 Å². The zero-order chi connectivity index (χ0) is 14.7. The highest BCUT2D eigenvalue weighted by molar-refractivity contribution is 6.29. The number of nitrogens with zero attached hydrogens (tertiary/aromatic N) is 2. The van der Waals surface area contributed by atoms with Crippen molar-refractivity contribution in [1.29, 1.82) is 0 Å². The van der Waals surface area contributed by atoms with Crippen LogP contribution in [0.3, 0.4) is 0 Å². The number of esters is 1. The van der Waals surface area contributed by atoms with Crippen LogP contribution in [-0.2, 0) is 9.53 Å². The number of amides is 1. The predicted molar refractivity (Wildman–Crippen MR) is 74.7 cm³/mol. The third kappa shape index (κ3) is 3.10. The minimum absolute atomic E-state index is 0.201. The summed E-state index contributed by atoms with van der Waals surface area (Å²) in [5.41, 5.74) is 1.13. The van der Waals surface area contributed by atoms with E-state index < -0.39 is 6.04 Å². The summed E-state index contributed by atoms with van der Waals surface area (Å²) >= 11 is 5.89. The molecule has 1 fully saturated rings. The summed E-state index contributed by atoms with van der Waals surface area (Å²) < 4.78 is 4.78. The molecule has 5 nitrogen and oxygen atoms in total. The van der Waals surface area contributed by atoms with Crippen LogP contribution in [0.1, 0.15) is 35.3 Å². The second-order valence-corrected chi connectivity index (χ2v) is 5.24. The molecule has 1 atom stereocenters. The van der Waals surface area contributed by atoms with Gasteiger partial charge in [0.2, 0.25) is 0 Å². The molecule has 1 aliphatic heterocycles. The van der Waals surface area contributed by atoms with E-state index in [0.29, 0.717) is 24.2 Å². The van der Waals surface area contributed by atoms with Gasteiger partial charge in [-0.1, -0.05) is 11.6 Å². The van der Waals surface area contributed by atoms with Crippen molar-refractivity contribution in [3.05, 3.63) is 28.5 Å². The van der Waals surface area contributed by atoms with Crippen LogP contribution in [0.25, 0.3) is 0 Å². The monoisotopic (exact) mass is 296 g/mol. The molecular formula is C14H17ClN2O3. The Kier molecular flexibility index (Phi) is 4.60. The number of aromatic nitrogens is 1. The summed E-state index contributed by atoms with van der Waals surface area (Å²) in [4.78, 5) is 30.0. The lowest BCUT2D eigenvalue weighted by molar-refractivity contribution is -0.147. The molecule has 20 heavy (non-hydrogen) atoms. The number of methoxy groups -OCH3 is 1. The number of carbonyl (C=O) groups is 2. The van der Waals surface area contributed by atoms with E-state index >= 15 is 0 Å². The molecule has 0 radical (unpaired) electrons. The summed E-state index contributed by atoms with van der Waals surface area (Å²) in [5, 5.41) is 0.278. The minimum atomic E-state index is -0.506. The summed E-state index contributed by atoms with van der Waals surface area (Å²) in [6.07, 6.45) is 2.44. The number of halogens is 1. The summed E-state index contributed by atoms with van der Waals surface area (Å²) in [7, 11) is 1.34. The lowest BCUT2D eigenvalue weighted by Crippen LogP contribution is -2.48. The molecule has 2 rings (SSSR count). The number of pyridine rings is 1. The van der Waals surface area contributed by atoms with Gasteiger partial charge in [0.25, 0.3) is 5.91 Å². The zero-order valence-corrected chi connectivity index (χ0v) is 12.3. The Bertz CT molecular complexity index is 513. The number of likely N-dealkylation sites (tertiary alicyclic amines) is 1. The Hall–Kier alpha value is -1.62. The van der Waals surface area contributed by atoms with Crippen LogP contribution in [0.2, 0.25) is 5.15 Å². The first-order valence-corrected chi connectivity index (χ1v) is 6.93. The molecule has 0 bridgehead atoms. The summed E-state index contributed by atoms with van der Waals surface area (Å²) in [6.45, 7) is 2.33. The van der Waals surface area contributed by atoms with Crippen molar-refractivity contribution < 1.29 is 14.3 Å². The Morgan fingerprint density at radius 2 is 2.15 bits per heavy atom. The molecule has 1 saturated heterocycles. The number of piperidine rings is 1. The number of ether oxygens (including phenoxy) is 1. The highest BCUT2D eigenvalue weighted by atomic mass is 35.5. The van der Waals surface area contributed by atoms with Gasteiger partial charge in [-0.3, -0.25) is 4.79 Å². The Balaban J connectivity index is 2.27. The van der Waals surface area contributed by atoms with Crippen LogP contribution in [0.4, 0.5) is 0 Å². The lowest BCUT2D eigenvalue weighted by atomic mass is 10.0. The van der Waals surface area contributed by atoms with Crippen molar-refractivity contribution in [1.82, 2.24) is 9.88 Å². The number of rotatable bonds is 2. The Labute approximate surface area is 122 Å². The van der Waals surface area contributed by atoms with Crippen LogP contribution < -0.4 is 0 Å². The van der Waals surface area contributed by atoms with E-state index in [4.69, 9.17) is 16.3 Å². The second kappa shape index (κ2) is 6.22. The number of carbonyl (C=O) groups excluding carboxylic acids is 2. The molecule has 2 heterocycles. The van der Waals surface area contributed by atoms with Crippen molar-refractivity contribution in [2.24, 2.45) is 0 Å². The van der Waals surface area contributed by atoms with Gasteiger partial charge in [-0.15, -0.1) is 0 Å². The van der Waals surface area contributed by atoms with Gasteiger partial charge in [0.15, 0.2) is 0 Å². The highest BCUT2D eigenvalue weighted by Crippen LogP contribution is 2.22. The van der Waals surface area contributed by atoms with E-state index in [9.17, 15) is 9.59 Å². The van der Waals surface area contributed by atoms with Crippen molar-refractivity contribution >= 4 is 23.5 Å². The van der Waals surface area contributed by atoms with Crippen LogP contribution in [0, 0.1) is 6.92 Å². The molecule has 108 valence electrons. The summed E-state index contributed by atoms with van der Waals surface area (Å²) in [5.74, 6) is -0.567. The molecule has 0 saturated carbocycles. The van der Waals surface area contributed by atoms with Gasteiger partial charge in [-0.25, -0.2) is 9.78 Å². The first-order chi connectivity index (χ1) is 9.52. The Morgan fingerprint density at radius 3 is 2.80 bits per heavy atom. The molecule has 0 aromatic carbocycles. The molecule has 0 spiro atoms. The fourth-order valence-electron chi connectivity index (χ4n) is 2.47. The summed E-state index contributed by atoms with van der Waals surface area (Å²) in [6, 6.07) is 2.70. The molecule has 1 aromatic heterocycles. The minimum Gasteiger partial charge on any atom is -0.467 e. The fraction of sp³-hybridized carbons (Fsp3) is 0.500. The van der Waals surface area contributed by atoms with Crippen LogP contribution in [0.5, 0.6) is 0 Å². The molecule has 1 aliphatic rings. The molecule has 6 heteroatoms. The lowest BCUT2D eigenvalue weighted by Gasteiger charge is -2.33. The van der Waals surface area contributed by atoms with E-state index in [1.165, 1.54) is 13.2 Å². The van der Waals surface area contributed by atoms with Crippen molar-refractivity contribution in [2.75, 3.05) is 13.7 Å². The molecule has 0 aliphatic carbocycles. The smallest absolute Gasteiger partial charge is 0.328 e. The van der Waals surface area contributed by atoms with E-state index in [1.807, 2.05) is 0 Å². The van der Waals surface area contributed by atoms with Gasteiger partial charge < -0.3 is 9.64 Å². The third-order valence-electron chi connectivity index (χ3n) is 3.41. The first-order valence-electron chi connectivity index (χ1n) is 6.56. The van der Waals surface area contributed by atoms with E-state index in [1.54, 1.807) is 17.9 Å². The van der Waals surface area contributed by atoms with Crippen molar-refractivity contribution in [2.45, 2.75) is 32.2 Å². The van der Waals surface area contributed by atoms with Crippen LogP contribution in [0.15, 0.2) is 12.1 Å². The van der Waals surface area contributed by atoms with Gasteiger partial charge in [0.05, 0.1) is 7.11 Å². The van der Waals surface area contributed by atoms with Gasteiger partial charge in [0.1, 0.15) is 11.2 Å². The maximum absolute atomic E-state index is 12.6. The third-order valence-corrected chi connectivity index (χ3v) is 3.60. The predicted octanol–water partition coefficient (Wildman–Crippen LogP) is 2.21. The van der Waals surface area contributed by atoms with Crippen LogP contribution >= 0.6 is 11.6 Å². The SMILES string of the molecule is COC(=O)[C@H]1CCCCN1C(=O)c1cc(C)nc(Cl)c1. The van der Waals surface area contributed by atoms with Crippen molar-refractivity contribution in [3.63, 3.8) is 0 Å². The maximum Gasteiger partial charge on any atom is 0.328 e. The molecular weight excluding hydrogens is 280 g/mol. The fourth-order valence-corrected chi connectivity index (χ4v) is 2.72. The first kappa shape index (κ1) is 14.8. The number of hydrogen-bond acceptors (Lipinski definition) is 4. The molecule has 0 unspecified atom stereocenters. The maximum atomic E-state index is 12.6. The second-order valence-electron chi connectivity index (χ2n) is 4.85. The highest BCUT2D eigenvalue weighted by Gasteiger charge is 2.33. The van der Waals surface area contributed by atoms with Crippen molar-refractivity contribution in [3.8, 4) is 0 Å². The largest absolute Gasteiger partial charge is 0.467 e. The average Bonchev–Trinajstić information content (AvgIpc) is 2.44. The number of aryl methyl sites for hydroxylation is 1. The van der Waals surface area contributed by atoms with Gasteiger partial charge in [-0.05, 0) is 38.3 Å². The standard InChI is InChI=1S/C14H17ClN2O3/c1-9-7-10(8-12(15)16-9)13(18)17-6-4-3-5-11(17)14(19)20-2/h7-8,11H,3-6H2,1-2H3/t11-/m1/s1. The quantitative estimate of drug-likeness (QED) is 0.620. The Morgan fingerprint density at radius 1 is 1.40 bits per heavy atom. The van der Waals surface area contributed by atoms with Gasteiger partial charge in [0, 0.05) is 17.8 Å². The van der Waals surface area contributed by atoms with Gasteiger partial charge >= 0.3 is 5.97 Å². The average molecular weight is 297 g/mol. The van der Waals surface area contributed by atoms with E-state index in [0.717, 1.165) is 12.8 Å². The molecule has 1 amide bonds. The number of hydrogen-bond donors (Lipinski definition) is 0. The van der Waals surface area contributed by atoms with Crippen LogP contribution in [-0.4, -0.2) is 41.5 Å². The topological polar surface area (TPSA) is 59.5 Å². The molecule has 1 aromatic rings. The molecule has 0 N–H and O–H groups in total. The van der Waals surface area contributed by atoms with Gasteiger partial charge in [-0.2, -0.15) is 0 Å². The van der Waals surface area contributed by atoms with E-state index in [-0.39, 0.29) is 17.0 Å². The zero-order valence-electron chi connectivity index (χ0n) is 11.6.